The van der Waals surface area contributed by atoms with Gasteiger partial charge in [-0.3, -0.25) is 0 Å². The van der Waals surface area contributed by atoms with Gasteiger partial charge in [0.1, 0.15) is 0 Å². The molecule has 0 aliphatic heterocycles. The maximum Gasteiger partial charge on any atom is 0.416 e. The molecule has 1 aromatic heterocycles. The molecule has 0 radical (unpaired) electrons. The van der Waals surface area contributed by atoms with E-state index in [2.05, 4.69) is 5.10 Å². The fraction of sp³-hybridized carbons (Fsp3) is 0.294. The number of nitrogens with zero attached hydrogens (tertiary/aromatic N) is 2. The predicted octanol–water partition coefficient (Wildman–Crippen LogP) is 4.17. The van der Waals surface area contributed by atoms with Crippen molar-refractivity contribution in [3.63, 3.8) is 0 Å². The molecular formula is C17H17F3N2O2. The Morgan fingerprint density at radius 1 is 1.29 bits per heavy atom. The Morgan fingerprint density at radius 2 is 1.92 bits per heavy atom. The van der Waals surface area contributed by atoms with E-state index in [-0.39, 0.29) is 6.61 Å². The molecule has 0 unspecified atom stereocenters. The van der Waals surface area contributed by atoms with E-state index >= 15 is 0 Å². The van der Waals surface area contributed by atoms with Gasteiger partial charge in [-0.2, -0.15) is 18.3 Å². The van der Waals surface area contributed by atoms with Crippen molar-refractivity contribution in [3.05, 3.63) is 53.4 Å². The lowest BCUT2D eigenvalue weighted by Crippen LogP contribution is -2.05. The minimum absolute atomic E-state index is 0.284. The highest BCUT2D eigenvalue weighted by molar-refractivity contribution is 5.91. The number of alkyl halides is 3. The molecule has 1 aromatic carbocycles. The van der Waals surface area contributed by atoms with E-state index in [1.165, 1.54) is 22.9 Å². The number of ether oxygens (including phenoxy) is 1. The molecule has 0 aliphatic rings. The molecule has 2 aromatic rings. The van der Waals surface area contributed by atoms with Gasteiger partial charge in [0.05, 0.1) is 23.6 Å². The van der Waals surface area contributed by atoms with Crippen LogP contribution in [-0.2, 0) is 15.7 Å². The highest BCUT2D eigenvalue weighted by atomic mass is 19.4. The van der Waals surface area contributed by atoms with E-state index in [4.69, 9.17) is 4.74 Å². The number of carbonyl (C=O) groups excluding carboxylic acids is 1. The van der Waals surface area contributed by atoms with Crippen LogP contribution in [-0.4, -0.2) is 22.4 Å². The maximum atomic E-state index is 12.6. The summed E-state index contributed by atoms with van der Waals surface area (Å²) in [7, 11) is 0. The lowest BCUT2D eigenvalue weighted by molar-refractivity contribution is -0.138. The van der Waals surface area contributed by atoms with Crippen molar-refractivity contribution in [3.8, 4) is 5.69 Å². The Balaban J connectivity index is 2.30. The van der Waals surface area contributed by atoms with E-state index < -0.39 is 17.7 Å². The third-order valence-electron chi connectivity index (χ3n) is 3.40. The fourth-order valence-corrected chi connectivity index (χ4v) is 2.22. The standard InChI is InChI=1S/C17H17F3N2O2/c1-4-24-16(23)9-11(2)15-10-22(21-12(15)3)14-7-5-13(6-8-14)17(18,19)20/h5-10H,4H2,1-3H3/b11-9+. The topological polar surface area (TPSA) is 44.1 Å². The average Bonchev–Trinajstić information content (AvgIpc) is 2.89. The second-order valence-corrected chi connectivity index (χ2v) is 5.20. The van der Waals surface area contributed by atoms with Crippen molar-refractivity contribution in [2.45, 2.75) is 26.9 Å². The number of allylic oxidation sites excluding steroid dienone is 1. The average molecular weight is 338 g/mol. The van der Waals surface area contributed by atoms with Crippen LogP contribution in [0.25, 0.3) is 11.3 Å². The zero-order valence-electron chi connectivity index (χ0n) is 13.5. The van der Waals surface area contributed by atoms with Crippen LogP contribution in [0, 0.1) is 6.92 Å². The van der Waals surface area contributed by atoms with Crippen molar-refractivity contribution in [1.82, 2.24) is 9.78 Å². The van der Waals surface area contributed by atoms with Crippen LogP contribution in [0.3, 0.4) is 0 Å². The summed E-state index contributed by atoms with van der Waals surface area (Å²) in [5, 5.41) is 4.29. The van der Waals surface area contributed by atoms with E-state index in [1.807, 2.05) is 0 Å². The minimum atomic E-state index is -4.37. The maximum absolute atomic E-state index is 12.6. The summed E-state index contributed by atoms with van der Waals surface area (Å²) in [6.45, 7) is 5.51. The zero-order chi connectivity index (χ0) is 17.9. The number of aryl methyl sites for hydroxylation is 1. The third kappa shape index (κ3) is 4.04. The van der Waals surface area contributed by atoms with Gasteiger partial charge in [0.2, 0.25) is 0 Å². The number of rotatable bonds is 4. The molecule has 7 heteroatoms. The smallest absolute Gasteiger partial charge is 0.416 e. The number of aromatic nitrogens is 2. The molecule has 0 spiro atoms. The Bertz CT molecular complexity index is 759. The first-order valence-corrected chi connectivity index (χ1v) is 7.31. The van der Waals surface area contributed by atoms with E-state index in [9.17, 15) is 18.0 Å². The van der Waals surface area contributed by atoms with Crippen LogP contribution >= 0.6 is 0 Å². The normalized spacial score (nSPS) is 12.3. The van der Waals surface area contributed by atoms with Gasteiger partial charge in [0, 0.05) is 17.8 Å². The van der Waals surface area contributed by atoms with Gasteiger partial charge >= 0.3 is 12.1 Å². The first-order valence-electron chi connectivity index (χ1n) is 7.31. The number of hydrogen-bond donors (Lipinski definition) is 0. The molecular weight excluding hydrogens is 321 g/mol. The largest absolute Gasteiger partial charge is 0.463 e. The second kappa shape index (κ2) is 6.90. The molecule has 0 aliphatic carbocycles. The van der Waals surface area contributed by atoms with Gasteiger partial charge in [0.15, 0.2) is 0 Å². The monoisotopic (exact) mass is 338 g/mol. The highest BCUT2D eigenvalue weighted by Crippen LogP contribution is 2.29. The van der Waals surface area contributed by atoms with Crippen LogP contribution in [0.1, 0.15) is 30.7 Å². The van der Waals surface area contributed by atoms with Gasteiger partial charge < -0.3 is 4.74 Å². The van der Waals surface area contributed by atoms with Gasteiger partial charge in [0.25, 0.3) is 0 Å². The van der Waals surface area contributed by atoms with Gasteiger partial charge in [-0.25, -0.2) is 9.48 Å². The summed E-state index contributed by atoms with van der Waals surface area (Å²) < 4.78 is 44.2. The Morgan fingerprint density at radius 3 is 2.46 bits per heavy atom. The van der Waals surface area contributed by atoms with Crippen LogP contribution < -0.4 is 0 Å². The summed E-state index contributed by atoms with van der Waals surface area (Å²) >= 11 is 0. The van der Waals surface area contributed by atoms with Crippen LogP contribution in [0.15, 0.2) is 36.5 Å². The van der Waals surface area contributed by atoms with Crippen molar-refractivity contribution >= 4 is 11.5 Å². The van der Waals surface area contributed by atoms with Crippen molar-refractivity contribution in [2.75, 3.05) is 6.61 Å². The molecule has 0 saturated heterocycles. The fourth-order valence-electron chi connectivity index (χ4n) is 2.22. The van der Waals surface area contributed by atoms with E-state index in [1.54, 1.807) is 27.0 Å². The zero-order valence-corrected chi connectivity index (χ0v) is 13.5. The molecule has 0 N–H and O–H groups in total. The highest BCUT2D eigenvalue weighted by Gasteiger charge is 2.30. The van der Waals surface area contributed by atoms with Crippen molar-refractivity contribution < 1.29 is 22.7 Å². The minimum Gasteiger partial charge on any atom is -0.463 e. The Hall–Kier alpha value is -2.57. The molecule has 0 fully saturated rings. The molecule has 1 heterocycles. The molecule has 2 rings (SSSR count). The lowest BCUT2D eigenvalue weighted by Gasteiger charge is -2.07. The number of carbonyl (C=O) groups is 1. The van der Waals surface area contributed by atoms with E-state index in [0.29, 0.717) is 17.0 Å². The Kier molecular flexibility index (Phi) is 5.11. The van der Waals surface area contributed by atoms with Crippen LogP contribution in [0.5, 0.6) is 0 Å². The van der Waals surface area contributed by atoms with Crippen LogP contribution in [0.4, 0.5) is 13.2 Å². The molecule has 0 saturated carbocycles. The number of hydrogen-bond acceptors (Lipinski definition) is 3. The second-order valence-electron chi connectivity index (χ2n) is 5.20. The summed E-state index contributed by atoms with van der Waals surface area (Å²) in [6, 6.07) is 4.72. The summed E-state index contributed by atoms with van der Waals surface area (Å²) in [5.41, 5.74) is 1.84. The van der Waals surface area contributed by atoms with Crippen molar-refractivity contribution in [1.29, 1.82) is 0 Å². The van der Waals surface area contributed by atoms with Gasteiger partial charge in [-0.1, -0.05) is 0 Å². The summed E-state index contributed by atoms with van der Waals surface area (Å²) in [6.07, 6.45) is -1.34. The summed E-state index contributed by atoms with van der Waals surface area (Å²) in [4.78, 5) is 11.5. The first-order chi connectivity index (χ1) is 11.2. The molecule has 0 amide bonds. The molecule has 24 heavy (non-hydrogen) atoms. The number of benzene rings is 1. The van der Waals surface area contributed by atoms with Gasteiger partial charge in [-0.15, -0.1) is 0 Å². The SMILES string of the molecule is CCOC(=O)/C=C(\C)c1cn(-c2ccc(C(F)(F)F)cc2)nc1C. The molecule has 0 bridgehead atoms. The van der Waals surface area contributed by atoms with E-state index in [0.717, 1.165) is 17.7 Å². The molecule has 128 valence electrons. The van der Waals surface area contributed by atoms with Crippen molar-refractivity contribution in [2.24, 2.45) is 0 Å². The van der Waals surface area contributed by atoms with Crippen LogP contribution in [0.2, 0.25) is 0 Å². The number of halogens is 3. The summed E-state index contributed by atoms with van der Waals surface area (Å²) in [5.74, 6) is -0.448. The lowest BCUT2D eigenvalue weighted by atomic mass is 10.1. The quantitative estimate of drug-likeness (QED) is 0.621. The Labute approximate surface area is 137 Å². The first kappa shape index (κ1) is 17.8. The van der Waals surface area contributed by atoms with Gasteiger partial charge in [-0.05, 0) is 50.6 Å². The molecule has 4 nitrogen and oxygen atoms in total. The number of esters is 1. The molecule has 0 atom stereocenters. The third-order valence-corrected chi connectivity index (χ3v) is 3.40. The predicted molar refractivity (Wildman–Crippen MR) is 83.6 cm³/mol.